The third-order valence-electron chi connectivity index (χ3n) is 5.77. The molecule has 5 heteroatoms. The maximum absolute atomic E-state index is 13.5. The van der Waals surface area contributed by atoms with Crippen molar-refractivity contribution in [2.75, 3.05) is 63.8 Å². The number of piperazine rings is 2. The van der Waals surface area contributed by atoms with E-state index in [-0.39, 0.29) is 5.82 Å². The Morgan fingerprint density at radius 3 is 2.15 bits per heavy atom. The molecule has 2 saturated heterocycles. The molecule has 2 aromatic rings. The summed E-state index contributed by atoms with van der Waals surface area (Å²) in [7, 11) is 0. The minimum atomic E-state index is -0.159. The number of hydrogen-bond donors (Lipinski definition) is 1. The third kappa shape index (κ3) is 4.67. The van der Waals surface area contributed by atoms with E-state index in [0.717, 1.165) is 58.9 Å². The van der Waals surface area contributed by atoms with Gasteiger partial charge in [-0.3, -0.25) is 9.80 Å². The van der Waals surface area contributed by atoms with Gasteiger partial charge in [-0.2, -0.15) is 0 Å². The Kier molecular flexibility index (Phi) is 6.02. The molecule has 2 fully saturated rings. The monoisotopic (exact) mass is 368 g/mol. The lowest BCUT2D eigenvalue weighted by Crippen LogP contribution is -2.52. The van der Waals surface area contributed by atoms with Gasteiger partial charge in [-0.1, -0.05) is 30.3 Å². The van der Waals surface area contributed by atoms with E-state index >= 15 is 0 Å². The first kappa shape index (κ1) is 18.4. The summed E-state index contributed by atoms with van der Waals surface area (Å²) < 4.78 is 13.5. The summed E-state index contributed by atoms with van der Waals surface area (Å²) in [6.45, 7) is 9.41. The zero-order chi connectivity index (χ0) is 18.5. The van der Waals surface area contributed by atoms with Crippen molar-refractivity contribution in [3.8, 4) is 0 Å². The molecule has 0 spiro atoms. The van der Waals surface area contributed by atoms with Crippen LogP contribution >= 0.6 is 0 Å². The van der Waals surface area contributed by atoms with Crippen molar-refractivity contribution < 1.29 is 4.39 Å². The van der Waals surface area contributed by atoms with Crippen LogP contribution in [0.5, 0.6) is 0 Å². The summed E-state index contributed by atoms with van der Waals surface area (Å²) in [5.41, 5.74) is 2.53. The van der Waals surface area contributed by atoms with E-state index in [1.165, 1.54) is 11.3 Å². The van der Waals surface area contributed by atoms with E-state index in [2.05, 4.69) is 50.3 Å². The van der Waals surface area contributed by atoms with Gasteiger partial charge in [0.1, 0.15) is 5.82 Å². The molecular weight excluding hydrogens is 339 g/mol. The molecule has 0 aliphatic carbocycles. The van der Waals surface area contributed by atoms with Crippen LogP contribution in [0.1, 0.15) is 11.6 Å². The van der Waals surface area contributed by atoms with Gasteiger partial charge in [-0.25, -0.2) is 4.39 Å². The van der Waals surface area contributed by atoms with Crippen LogP contribution in [0.3, 0.4) is 0 Å². The SMILES string of the molecule is Fc1ccc(C(CN2CCNCC2)N2CCN(c3ccccc3)CC2)cc1. The molecule has 144 valence electrons. The fourth-order valence-corrected chi connectivity index (χ4v) is 4.19. The summed E-state index contributed by atoms with van der Waals surface area (Å²) >= 11 is 0. The molecule has 0 bridgehead atoms. The topological polar surface area (TPSA) is 21.8 Å². The number of para-hydroxylation sites is 1. The predicted octanol–water partition coefficient (Wildman–Crippen LogP) is 2.59. The van der Waals surface area contributed by atoms with Crippen LogP contribution in [0.15, 0.2) is 54.6 Å². The molecule has 1 atom stereocenters. The molecule has 2 aliphatic heterocycles. The second-order valence-corrected chi connectivity index (χ2v) is 7.48. The van der Waals surface area contributed by atoms with Crippen molar-refractivity contribution in [3.63, 3.8) is 0 Å². The highest BCUT2D eigenvalue weighted by Crippen LogP contribution is 2.25. The summed E-state index contributed by atoms with van der Waals surface area (Å²) in [6, 6.07) is 18.1. The fraction of sp³-hybridized carbons (Fsp3) is 0.455. The van der Waals surface area contributed by atoms with E-state index in [1.807, 2.05) is 12.1 Å². The number of hydrogen-bond acceptors (Lipinski definition) is 4. The van der Waals surface area contributed by atoms with Crippen molar-refractivity contribution in [2.45, 2.75) is 6.04 Å². The van der Waals surface area contributed by atoms with Crippen LogP contribution in [0, 0.1) is 5.82 Å². The molecule has 0 amide bonds. The second-order valence-electron chi connectivity index (χ2n) is 7.48. The van der Waals surface area contributed by atoms with Gasteiger partial charge in [0, 0.05) is 70.6 Å². The van der Waals surface area contributed by atoms with Gasteiger partial charge in [-0.05, 0) is 29.8 Å². The number of nitrogens with one attached hydrogen (secondary N) is 1. The normalized spacial score (nSPS) is 20.6. The summed E-state index contributed by atoms with van der Waals surface area (Å²) in [5, 5.41) is 3.43. The highest BCUT2D eigenvalue weighted by molar-refractivity contribution is 5.46. The highest BCUT2D eigenvalue weighted by Gasteiger charge is 2.27. The first-order valence-corrected chi connectivity index (χ1v) is 10.0. The molecule has 27 heavy (non-hydrogen) atoms. The number of nitrogens with zero attached hydrogens (tertiary/aromatic N) is 3. The number of halogens is 1. The molecule has 0 aromatic heterocycles. The molecule has 2 aliphatic rings. The van der Waals surface area contributed by atoms with Crippen LogP contribution in [-0.2, 0) is 0 Å². The van der Waals surface area contributed by atoms with Gasteiger partial charge in [-0.15, -0.1) is 0 Å². The molecule has 0 saturated carbocycles. The van der Waals surface area contributed by atoms with Crippen molar-refractivity contribution in [1.82, 2.24) is 15.1 Å². The fourth-order valence-electron chi connectivity index (χ4n) is 4.19. The average Bonchev–Trinajstić information content (AvgIpc) is 2.74. The Balaban J connectivity index is 1.46. The van der Waals surface area contributed by atoms with Crippen molar-refractivity contribution in [2.24, 2.45) is 0 Å². The molecular formula is C22H29FN4. The smallest absolute Gasteiger partial charge is 0.123 e. The zero-order valence-corrected chi connectivity index (χ0v) is 15.9. The first-order chi connectivity index (χ1) is 13.3. The maximum Gasteiger partial charge on any atom is 0.123 e. The third-order valence-corrected chi connectivity index (χ3v) is 5.77. The lowest BCUT2D eigenvalue weighted by Gasteiger charge is -2.42. The van der Waals surface area contributed by atoms with Gasteiger partial charge in [0.25, 0.3) is 0 Å². The Bertz CT molecular complexity index is 692. The lowest BCUT2D eigenvalue weighted by atomic mass is 10.0. The van der Waals surface area contributed by atoms with Crippen molar-refractivity contribution in [1.29, 1.82) is 0 Å². The predicted molar refractivity (Wildman–Crippen MR) is 109 cm³/mol. The van der Waals surface area contributed by atoms with Gasteiger partial charge < -0.3 is 10.2 Å². The summed E-state index contributed by atoms with van der Waals surface area (Å²) in [5.74, 6) is -0.159. The van der Waals surface area contributed by atoms with E-state index < -0.39 is 0 Å². The lowest BCUT2D eigenvalue weighted by molar-refractivity contribution is 0.123. The van der Waals surface area contributed by atoms with E-state index in [1.54, 1.807) is 12.1 Å². The van der Waals surface area contributed by atoms with Crippen LogP contribution in [0.2, 0.25) is 0 Å². The zero-order valence-electron chi connectivity index (χ0n) is 15.9. The minimum Gasteiger partial charge on any atom is -0.369 e. The number of anilines is 1. The van der Waals surface area contributed by atoms with Crippen LogP contribution < -0.4 is 10.2 Å². The Hall–Kier alpha value is -1.95. The van der Waals surface area contributed by atoms with Crippen molar-refractivity contribution in [3.05, 3.63) is 66.0 Å². The van der Waals surface area contributed by atoms with Gasteiger partial charge in [0.15, 0.2) is 0 Å². The first-order valence-electron chi connectivity index (χ1n) is 10.0. The summed E-state index contributed by atoms with van der Waals surface area (Å²) in [6.07, 6.45) is 0. The van der Waals surface area contributed by atoms with Crippen LogP contribution in [0.25, 0.3) is 0 Å². The molecule has 1 N–H and O–H groups in total. The Labute approximate surface area is 161 Å². The van der Waals surface area contributed by atoms with E-state index in [4.69, 9.17) is 0 Å². The maximum atomic E-state index is 13.5. The molecule has 2 heterocycles. The largest absolute Gasteiger partial charge is 0.369 e. The molecule has 4 rings (SSSR count). The average molecular weight is 369 g/mol. The minimum absolute atomic E-state index is 0.159. The van der Waals surface area contributed by atoms with E-state index in [0.29, 0.717) is 6.04 Å². The van der Waals surface area contributed by atoms with Gasteiger partial charge in [0.05, 0.1) is 0 Å². The standard InChI is InChI=1S/C22H29FN4/c23-20-8-6-19(7-9-20)22(18-25-12-10-24-11-13-25)27-16-14-26(15-17-27)21-4-2-1-3-5-21/h1-9,22,24H,10-18H2. The van der Waals surface area contributed by atoms with E-state index in [9.17, 15) is 4.39 Å². The Morgan fingerprint density at radius 2 is 1.48 bits per heavy atom. The molecule has 2 aromatic carbocycles. The molecule has 0 radical (unpaired) electrons. The van der Waals surface area contributed by atoms with Crippen LogP contribution in [-0.4, -0.2) is 68.7 Å². The van der Waals surface area contributed by atoms with Gasteiger partial charge >= 0.3 is 0 Å². The molecule has 1 unspecified atom stereocenters. The second kappa shape index (κ2) is 8.83. The number of benzene rings is 2. The Morgan fingerprint density at radius 1 is 0.815 bits per heavy atom. The number of rotatable bonds is 5. The van der Waals surface area contributed by atoms with Crippen molar-refractivity contribution >= 4 is 5.69 Å². The van der Waals surface area contributed by atoms with Gasteiger partial charge in [0.2, 0.25) is 0 Å². The summed E-state index contributed by atoms with van der Waals surface area (Å²) in [4.78, 5) is 7.58. The highest BCUT2D eigenvalue weighted by atomic mass is 19.1. The molecule has 4 nitrogen and oxygen atoms in total. The van der Waals surface area contributed by atoms with Crippen LogP contribution in [0.4, 0.5) is 10.1 Å². The quantitative estimate of drug-likeness (QED) is 0.876.